The van der Waals surface area contributed by atoms with Crippen molar-refractivity contribution < 1.29 is 23.2 Å². The Morgan fingerprint density at radius 1 is 1.05 bits per heavy atom. The molecule has 0 unspecified atom stereocenters. The van der Waals surface area contributed by atoms with E-state index in [1.165, 1.54) is 24.3 Å². The van der Waals surface area contributed by atoms with Crippen LogP contribution in [0.25, 0.3) is 0 Å². The first-order valence-electron chi connectivity index (χ1n) is 6.43. The van der Waals surface area contributed by atoms with Crippen LogP contribution < -0.4 is 5.32 Å². The molecule has 0 spiro atoms. The lowest BCUT2D eigenvalue weighted by atomic mass is 10.0. The second kappa shape index (κ2) is 5.03. The molecule has 1 aliphatic heterocycles. The molecule has 0 aromatic heterocycles. The Morgan fingerprint density at radius 3 is 2.41 bits per heavy atom. The van der Waals surface area contributed by atoms with Crippen LogP contribution in [-0.2, 0) is 6.18 Å². The van der Waals surface area contributed by atoms with Crippen LogP contribution >= 0.6 is 0 Å². The first-order chi connectivity index (χ1) is 10.4. The zero-order valence-electron chi connectivity index (χ0n) is 11.1. The van der Waals surface area contributed by atoms with Crippen LogP contribution in [0.1, 0.15) is 27.7 Å². The molecule has 4 nitrogen and oxygen atoms in total. The van der Waals surface area contributed by atoms with Gasteiger partial charge in [0.25, 0.3) is 5.91 Å². The third-order valence-corrected chi connectivity index (χ3v) is 3.46. The molecule has 1 heterocycles. The summed E-state index contributed by atoms with van der Waals surface area (Å²) in [4.78, 5) is 12.1. The molecule has 1 atom stereocenters. The van der Waals surface area contributed by atoms with Gasteiger partial charge in [0.05, 0.1) is 11.1 Å². The van der Waals surface area contributed by atoms with Gasteiger partial charge in [-0.2, -0.15) is 18.2 Å². The summed E-state index contributed by atoms with van der Waals surface area (Å²) in [6, 6.07) is 11.1. The van der Waals surface area contributed by atoms with E-state index in [2.05, 4.69) is 5.32 Å². The highest BCUT2D eigenvalue weighted by Gasteiger charge is 2.39. The van der Waals surface area contributed by atoms with E-state index in [0.717, 1.165) is 6.07 Å². The summed E-state index contributed by atoms with van der Waals surface area (Å²) >= 11 is 0. The van der Waals surface area contributed by atoms with Gasteiger partial charge in [-0.3, -0.25) is 10.0 Å². The van der Waals surface area contributed by atoms with E-state index in [-0.39, 0.29) is 16.2 Å². The van der Waals surface area contributed by atoms with Gasteiger partial charge < -0.3 is 5.32 Å². The van der Waals surface area contributed by atoms with E-state index < -0.39 is 23.8 Å². The number of carbonyl (C=O) groups excluding carboxylic acids is 1. The molecule has 2 N–H and O–H groups in total. The molecule has 0 bridgehead atoms. The molecular weight excluding hydrogens is 297 g/mol. The summed E-state index contributed by atoms with van der Waals surface area (Å²) in [5, 5.41) is 13.0. The topological polar surface area (TPSA) is 52.6 Å². The number of nitrogens with one attached hydrogen (secondary N) is 1. The molecule has 114 valence electrons. The van der Waals surface area contributed by atoms with Gasteiger partial charge in [0.15, 0.2) is 6.17 Å². The highest BCUT2D eigenvalue weighted by Crippen LogP contribution is 2.38. The average Bonchev–Trinajstić information content (AvgIpc) is 2.50. The Kier molecular flexibility index (Phi) is 3.29. The van der Waals surface area contributed by atoms with E-state index in [4.69, 9.17) is 0 Å². The van der Waals surface area contributed by atoms with Gasteiger partial charge in [-0.05, 0) is 18.2 Å². The zero-order chi connectivity index (χ0) is 15.9. The van der Waals surface area contributed by atoms with Gasteiger partial charge in [0.2, 0.25) is 0 Å². The maximum atomic E-state index is 13.1. The van der Waals surface area contributed by atoms with Crippen molar-refractivity contribution in [3.63, 3.8) is 0 Å². The largest absolute Gasteiger partial charge is 0.416 e. The van der Waals surface area contributed by atoms with Crippen LogP contribution in [0.2, 0.25) is 0 Å². The highest BCUT2D eigenvalue weighted by molar-refractivity contribution is 6.01. The number of halogens is 3. The molecule has 1 amide bonds. The molecule has 7 heteroatoms. The maximum absolute atomic E-state index is 13.1. The number of carbonyl (C=O) groups is 1. The molecule has 2 aromatic rings. The minimum Gasteiger partial charge on any atom is -0.359 e. The minimum atomic E-state index is -4.58. The Bertz CT molecular complexity index is 731. The highest BCUT2D eigenvalue weighted by atomic mass is 19.4. The van der Waals surface area contributed by atoms with Gasteiger partial charge in [-0.1, -0.05) is 30.3 Å². The zero-order valence-corrected chi connectivity index (χ0v) is 11.1. The first-order valence-corrected chi connectivity index (χ1v) is 6.43. The first kappa shape index (κ1) is 14.4. The fourth-order valence-corrected chi connectivity index (χ4v) is 2.45. The van der Waals surface area contributed by atoms with Crippen molar-refractivity contribution in [1.82, 2.24) is 5.06 Å². The fourth-order valence-electron chi connectivity index (χ4n) is 2.45. The van der Waals surface area contributed by atoms with Crippen molar-refractivity contribution in [1.29, 1.82) is 0 Å². The van der Waals surface area contributed by atoms with E-state index in [9.17, 15) is 23.2 Å². The van der Waals surface area contributed by atoms with Crippen molar-refractivity contribution in [2.45, 2.75) is 12.3 Å². The third-order valence-electron chi connectivity index (χ3n) is 3.46. The standard InChI is InChI=1S/C15H11F3N2O2/c16-15(17,18)11-7-3-1-5-9(11)13-19-12-8-4-2-6-10(12)14(21)20(13)22/h1-8,13,19,22H/t13-/m0/s1. The van der Waals surface area contributed by atoms with E-state index in [0.29, 0.717) is 5.69 Å². The Morgan fingerprint density at radius 2 is 1.68 bits per heavy atom. The lowest BCUT2D eigenvalue weighted by Gasteiger charge is -2.34. The number of hydrogen-bond donors (Lipinski definition) is 2. The van der Waals surface area contributed by atoms with Crippen molar-refractivity contribution in [3.05, 3.63) is 65.2 Å². The molecule has 1 aliphatic rings. The normalized spacial score (nSPS) is 17.9. The molecule has 0 saturated heterocycles. The number of amides is 1. The van der Waals surface area contributed by atoms with Crippen LogP contribution in [0.15, 0.2) is 48.5 Å². The molecule has 22 heavy (non-hydrogen) atoms. The number of hydrogen-bond acceptors (Lipinski definition) is 3. The van der Waals surface area contributed by atoms with Crippen molar-refractivity contribution in [3.8, 4) is 0 Å². The summed E-state index contributed by atoms with van der Waals surface area (Å²) < 4.78 is 39.3. The van der Waals surface area contributed by atoms with Crippen LogP contribution in [0, 0.1) is 0 Å². The molecule has 3 rings (SSSR count). The fraction of sp³-hybridized carbons (Fsp3) is 0.133. The number of nitrogens with zero attached hydrogens (tertiary/aromatic N) is 1. The lowest BCUT2D eigenvalue weighted by Crippen LogP contribution is -2.41. The van der Waals surface area contributed by atoms with Gasteiger partial charge in [0.1, 0.15) is 0 Å². The predicted octanol–water partition coefficient (Wildman–Crippen LogP) is 3.66. The minimum absolute atomic E-state index is 0.200. The van der Waals surface area contributed by atoms with E-state index in [1.807, 2.05) is 0 Å². The molecule has 0 radical (unpaired) electrons. The third kappa shape index (κ3) is 2.29. The number of benzene rings is 2. The smallest absolute Gasteiger partial charge is 0.359 e. The van der Waals surface area contributed by atoms with Crippen molar-refractivity contribution in [2.75, 3.05) is 5.32 Å². The predicted molar refractivity (Wildman–Crippen MR) is 72.2 cm³/mol. The Hall–Kier alpha value is -2.54. The second-order valence-corrected chi connectivity index (χ2v) is 4.83. The number of hydroxylamine groups is 2. The van der Waals surface area contributed by atoms with Gasteiger partial charge in [0, 0.05) is 11.3 Å². The lowest BCUT2D eigenvalue weighted by molar-refractivity contribution is -0.140. The average molecular weight is 308 g/mol. The summed E-state index contributed by atoms with van der Waals surface area (Å²) in [5.74, 6) is -0.753. The van der Waals surface area contributed by atoms with E-state index in [1.54, 1.807) is 18.2 Å². The summed E-state index contributed by atoms with van der Waals surface area (Å²) in [7, 11) is 0. The summed E-state index contributed by atoms with van der Waals surface area (Å²) in [5.41, 5.74) is -0.551. The molecule has 0 fully saturated rings. The van der Waals surface area contributed by atoms with Crippen molar-refractivity contribution in [2.24, 2.45) is 0 Å². The second-order valence-electron chi connectivity index (χ2n) is 4.83. The number of anilines is 1. The van der Waals surface area contributed by atoms with Gasteiger partial charge in [-0.25, -0.2) is 0 Å². The number of alkyl halides is 3. The van der Waals surface area contributed by atoms with Gasteiger partial charge in [-0.15, -0.1) is 0 Å². The molecule has 0 saturated carbocycles. The van der Waals surface area contributed by atoms with Gasteiger partial charge >= 0.3 is 6.18 Å². The van der Waals surface area contributed by atoms with Crippen LogP contribution in [0.4, 0.5) is 18.9 Å². The summed E-state index contributed by atoms with van der Waals surface area (Å²) in [6.07, 6.45) is -5.89. The number of fused-ring (bicyclic) bond motifs is 1. The maximum Gasteiger partial charge on any atom is 0.416 e. The Balaban J connectivity index is 2.10. The van der Waals surface area contributed by atoms with Crippen LogP contribution in [-0.4, -0.2) is 16.2 Å². The SMILES string of the molecule is O=C1c2ccccc2N[C@H](c2ccccc2C(F)(F)F)N1O. The van der Waals surface area contributed by atoms with Crippen LogP contribution in [0.3, 0.4) is 0 Å². The molecule has 0 aliphatic carbocycles. The summed E-state index contributed by atoms with van der Waals surface area (Å²) in [6.45, 7) is 0. The quantitative estimate of drug-likeness (QED) is 0.791. The van der Waals surface area contributed by atoms with Crippen LogP contribution in [0.5, 0.6) is 0 Å². The monoisotopic (exact) mass is 308 g/mol. The van der Waals surface area contributed by atoms with Crippen molar-refractivity contribution >= 4 is 11.6 Å². The number of para-hydroxylation sites is 1. The van der Waals surface area contributed by atoms with E-state index >= 15 is 0 Å². The Labute approximate surface area is 123 Å². The number of rotatable bonds is 1. The molecular formula is C15H11F3N2O2. The molecule has 2 aromatic carbocycles.